The summed E-state index contributed by atoms with van der Waals surface area (Å²) in [4.78, 5) is 19.1. The maximum atomic E-state index is 13.6. The number of aromatic nitrogens is 1. The van der Waals surface area contributed by atoms with Crippen molar-refractivity contribution in [1.82, 2.24) is 9.88 Å². The molecule has 31 heavy (non-hydrogen) atoms. The molecule has 5 nitrogen and oxygen atoms in total. The lowest BCUT2D eigenvalue weighted by atomic mass is 9.91. The van der Waals surface area contributed by atoms with Gasteiger partial charge in [-0.15, -0.1) is 0 Å². The number of nitrogens with one attached hydrogen (secondary N) is 1. The Kier molecular flexibility index (Phi) is 4.86. The molecular formula is C26H24N2O3. The largest absolute Gasteiger partial charge is 0.497 e. The third-order valence-electron chi connectivity index (χ3n) is 6.05. The number of benzene rings is 3. The molecule has 1 unspecified atom stereocenters. The Balaban J connectivity index is 1.62. The molecule has 156 valence electrons. The van der Waals surface area contributed by atoms with Gasteiger partial charge in [0.2, 0.25) is 0 Å². The quantitative estimate of drug-likeness (QED) is 0.515. The summed E-state index contributed by atoms with van der Waals surface area (Å²) in [5, 5.41) is 1.16. The number of nitrogens with zero attached hydrogens (tertiary/aromatic N) is 1. The van der Waals surface area contributed by atoms with Crippen molar-refractivity contribution in [3.05, 3.63) is 95.2 Å². The number of hydrogen-bond acceptors (Lipinski definition) is 3. The molecule has 0 aliphatic carbocycles. The molecule has 4 aromatic rings. The van der Waals surface area contributed by atoms with Crippen molar-refractivity contribution in [2.45, 2.75) is 12.5 Å². The lowest BCUT2D eigenvalue weighted by Crippen LogP contribution is -2.40. The van der Waals surface area contributed by atoms with E-state index in [4.69, 9.17) is 9.47 Å². The van der Waals surface area contributed by atoms with Gasteiger partial charge in [0.1, 0.15) is 11.5 Å². The summed E-state index contributed by atoms with van der Waals surface area (Å²) < 4.78 is 10.7. The normalized spacial score (nSPS) is 15.5. The van der Waals surface area contributed by atoms with Gasteiger partial charge < -0.3 is 19.4 Å². The molecule has 1 amide bonds. The minimum Gasteiger partial charge on any atom is -0.497 e. The number of hydrogen-bond donors (Lipinski definition) is 1. The second-order valence-corrected chi connectivity index (χ2v) is 7.72. The maximum absolute atomic E-state index is 13.6. The summed E-state index contributed by atoms with van der Waals surface area (Å²) >= 11 is 0. The van der Waals surface area contributed by atoms with Crippen LogP contribution in [0.15, 0.2) is 72.8 Å². The van der Waals surface area contributed by atoms with E-state index in [1.807, 2.05) is 59.5 Å². The monoisotopic (exact) mass is 412 g/mol. The highest BCUT2D eigenvalue weighted by Gasteiger charge is 2.35. The molecule has 0 saturated heterocycles. The zero-order chi connectivity index (χ0) is 21.4. The smallest absolute Gasteiger partial charge is 0.254 e. The van der Waals surface area contributed by atoms with Crippen molar-refractivity contribution in [2.24, 2.45) is 0 Å². The molecule has 0 radical (unpaired) electrons. The fourth-order valence-corrected chi connectivity index (χ4v) is 4.49. The number of aromatic amines is 1. The second-order valence-electron chi connectivity index (χ2n) is 7.72. The Morgan fingerprint density at radius 1 is 0.935 bits per heavy atom. The first-order valence-corrected chi connectivity index (χ1v) is 10.4. The molecule has 5 heteroatoms. The average Bonchev–Trinajstić information content (AvgIpc) is 3.21. The van der Waals surface area contributed by atoms with Crippen molar-refractivity contribution in [3.8, 4) is 11.5 Å². The summed E-state index contributed by atoms with van der Waals surface area (Å²) in [5.74, 6) is 1.59. The molecule has 0 bridgehead atoms. The van der Waals surface area contributed by atoms with Crippen LogP contribution >= 0.6 is 0 Å². The van der Waals surface area contributed by atoms with E-state index in [9.17, 15) is 4.79 Å². The molecule has 1 N–H and O–H groups in total. The van der Waals surface area contributed by atoms with Gasteiger partial charge in [0.25, 0.3) is 5.91 Å². The zero-order valence-corrected chi connectivity index (χ0v) is 17.6. The lowest BCUT2D eigenvalue weighted by molar-refractivity contribution is 0.0692. The van der Waals surface area contributed by atoms with Crippen molar-refractivity contribution in [2.75, 3.05) is 20.8 Å². The fraction of sp³-hybridized carbons (Fsp3) is 0.192. The molecule has 0 saturated carbocycles. The van der Waals surface area contributed by atoms with Gasteiger partial charge in [-0.05, 0) is 60.0 Å². The Bertz CT molecular complexity index is 1230. The number of methoxy groups -OCH3 is 2. The number of amides is 1. The van der Waals surface area contributed by atoms with E-state index >= 15 is 0 Å². The Morgan fingerprint density at radius 2 is 1.65 bits per heavy atom. The molecule has 0 spiro atoms. The van der Waals surface area contributed by atoms with Crippen LogP contribution in [-0.2, 0) is 6.42 Å². The number of carbonyl (C=O) groups excluding carboxylic acids is 1. The summed E-state index contributed by atoms with van der Waals surface area (Å²) in [7, 11) is 3.31. The minimum absolute atomic E-state index is 0.0124. The lowest BCUT2D eigenvalue weighted by Gasteiger charge is -2.36. The minimum atomic E-state index is -0.182. The van der Waals surface area contributed by atoms with Crippen molar-refractivity contribution >= 4 is 16.8 Å². The third kappa shape index (κ3) is 3.32. The average molecular weight is 412 g/mol. The van der Waals surface area contributed by atoms with Gasteiger partial charge in [-0.3, -0.25) is 4.79 Å². The SMILES string of the molecule is COc1ccc(C(=O)N2CCc3c([nH]c4ccc(OC)cc34)C2c2ccccc2)cc1. The van der Waals surface area contributed by atoms with Gasteiger partial charge in [-0.1, -0.05) is 30.3 Å². The van der Waals surface area contributed by atoms with E-state index in [1.165, 1.54) is 5.56 Å². The van der Waals surface area contributed by atoms with E-state index in [1.54, 1.807) is 14.2 Å². The van der Waals surface area contributed by atoms with Crippen molar-refractivity contribution in [3.63, 3.8) is 0 Å². The number of fused-ring (bicyclic) bond motifs is 3. The van der Waals surface area contributed by atoms with E-state index in [-0.39, 0.29) is 11.9 Å². The molecule has 0 fully saturated rings. The molecule has 1 aliphatic rings. The second kappa shape index (κ2) is 7.84. The number of rotatable bonds is 4. The number of carbonyl (C=O) groups is 1. The first-order valence-electron chi connectivity index (χ1n) is 10.4. The molecule has 1 atom stereocenters. The van der Waals surface area contributed by atoms with E-state index in [0.717, 1.165) is 40.1 Å². The third-order valence-corrected chi connectivity index (χ3v) is 6.05. The zero-order valence-electron chi connectivity index (χ0n) is 17.6. The molecule has 1 aliphatic heterocycles. The van der Waals surface area contributed by atoms with Gasteiger partial charge >= 0.3 is 0 Å². The van der Waals surface area contributed by atoms with Crippen LogP contribution in [0.4, 0.5) is 0 Å². The highest BCUT2D eigenvalue weighted by atomic mass is 16.5. The Hall–Kier alpha value is -3.73. The summed E-state index contributed by atoms with van der Waals surface area (Å²) in [6.45, 7) is 0.640. The van der Waals surface area contributed by atoms with Crippen LogP contribution in [0.3, 0.4) is 0 Å². The van der Waals surface area contributed by atoms with Crippen LogP contribution < -0.4 is 9.47 Å². The number of ether oxygens (including phenoxy) is 2. The van der Waals surface area contributed by atoms with Gasteiger partial charge in [0.15, 0.2) is 0 Å². The topological polar surface area (TPSA) is 54.6 Å². The first-order chi connectivity index (χ1) is 15.2. The Morgan fingerprint density at radius 3 is 2.35 bits per heavy atom. The number of H-pyrrole nitrogens is 1. The van der Waals surface area contributed by atoms with Crippen LogP contribution in [0.2, 0.25) is 0 Å². The van der Waals surface area contributed by atoms with Gasteiger partial charge in [0.05, 0.1) is 20.3 Å². The van der Waals surface area contributed by atoms with E-state index < -0.39 is 0 Å². The van der Waals surface area contributed by atoms with Crippen molar-refractivity contribution in [1.29, 1.82) is 0 Å². The molecule has 5 rings (SSSR count). The standard InChI is InChI=1S/C26H24N2O3/c1-30-19-10-8-18(9-11-19)26(29)28-15-14-21-22-16-20(31-2)12-13-23(22)27-24(21)25(28)17-6-4-3-5-7-17/h3-13,16,25,27H,14-15H2,1-2H3. The van der Waals surface area contributed by atoms with Gasteiger partial charge in [-0.25, -0.2) is 0 Å². The van der Waals surface area contributed by atoms with Crippen LogP contribution in [-0.4, -0.2) is 36.6 Å². The van der Waals surface area contributed by atoms with E-state index in [0.29, 0.717) is 12.1 Å². The van der Waals surface area contributed by atoms with Crippen LogP contribution in [0, 0.1) is 0 Å². The van der Waals surface area contributed by atoms with Crippen molar-refractivity contribution < 1.29 is 14.3 Å². The highest BCUT2D eigenvalue weighted by Crippen LogP contribution is 2.40. The predicted molar refractivity (Wildman–Crippen MR) is 121 cm³/mol. The highest BCUT2D eigenvalue weighted by molar-refractivity contribution is 5.96. The fourth-order valence-electron chi connectivity index (χ4n) is 4.49. The molecule has 2 heterocycles. The summed E-state index contributed by atoms with van der Waals surface area (Å²) in [6.07, 6.45) is 0.785. The summed E-state index contributed by atoms with van der Waals surface area (Å²) in [5.41, 5.74) is 5.13. The molecule has 3 aromatic carbocycles. The predicted octanol–water partition coefficient (Wildman–Crippen LogP) is 4.97. The maximum Gasteiger partial charge on any atom is 0.254 e. The van der Waals surface area contributed by atoms with E-state index in [2.05, 4.69) is 23.2 Å². The molecule has 1 aromatic heterocycles. The summed E-state index contributed by atoms with van der Waals surface area (Å²) in [6, 6.07) is 23.4. The van der Waals surface area contributed by atoms with Gasteiger partial charge in [-0.2, -0.15) is 0 Å². The Labute approximate surface area is 181 Å². The van der Waals surface area contributed by atoms with Crippen LogP contribution in [0.25, 0.3) is 10.9 Å². The van der Waals surface area contributed by atoms with Crippen LogP contribution in [0.1, 0.15) is 33.2 Å². The molecular weight excluding hydrogens is 388 g/mol. The van der Waals surface area contributed by atoms with Gasteiger partial charge in [0, 0.05) is 28.7 Å². The van der Waals surface area contributed by atoms with Crippen LogP contribution in [0.5, 0.6) is 11.5 Å². The first kappa shape index (κ1) is 19.2.